The fraction of sp³-hybridized carbons (Fsp3) is 0.200. The normalized spacial score (nSPS) is 13.3. The molecule has 150 valence electrons. The summed E-state index contributed by atoms with van der Waals surface area (Å²) in [6.45, 7) is 3.34. The number of benzene rings is 1. The molecule has 0 radical (unpaired) electrons. The summed E-state index contributed by atoms with van der Waals surface area (Å²) < 4.78 is 3.59. The van der Waals surface area contributed by atoms with Gasteiger partial charge < -0.3 is 9.47 Å². The number of aromatic nitrogens is 7. The first-order chi connectivity index (χ1) is 14.6. The van der Waals surface area contributed by atoms with Gasteiger partial charge in [0.15, 0.2) is 17.5 Å². The highest BCUT2D eigenvalue weighted by atomic mass is 16.2. The highest BCUT2D eigenvalue weighted by Gasteiger charge is 2.28. The first-order valence-corrected chi connectivity index (χ1v) is 9.49. The van der Waals surface area contributed by atoms with Crippen LogP contribution in [0.4, 0.5) is 0 Å². The van der Waals surface area contributed by atoms with Gasteiger partial charge in [-0.15, -0.1) is 10.2 Å². The zero-order valence-electron chi connectivity index (χ0n) is 16.2. The van der Waals surface area contributed by atoms with Crippen LogP contribution < -0.4 is 5.56 Å². The molecule has 0 fully saturated rings. The molecular weight excluding hydrogens is 384 g/mol. The van der Waals surface area contributed by atoms with Gasteiger partial charge in [0, 0.05) is 24.7 Å². The number of H-pyrrole nitrogens is 1. The number of hydrogen-bond acceptors (Lipinski definition) is 6. The summed E-state index contributed by atoms with van der Waals surface area (Å²) in [5.41, 5.74) is 1.84. The summed E-state index contributed by atoms with van der Waals surface area (Å²) in [7, 11) is 0. The van der Waals surface area contributed by atoms with E-state index < -0.39 is 0 Å². The van der Waals surface area contributed by atoms with E-state index in [-0.39, 0.29) is 11.5 Å². The summed E-state index contributed by atoms with van der Waals surface area (Å²) in [5, 5.41) is 19.2. The molecular formula is C20H18N8O2. The Morgan fingerprint density at radius 1 is 1.07 bits per heavy atom. The lowest BCUT2D eigenvalue weighted by molar-refractivity contribution is 0.0707. The molecule has 0 atom stereocenters. The Bertz CT molecular complexity index is 1270. The second-order valence-corrected chi connectivity index (χ2v) is 7.02. The van der Waals surface area contributed by atoms with Crippen LogP contribution in [0.1, 0.15) is 21.9 Å². The van der Waals surface area contributed by atoms with Crippen LogP contribution in [0.25, 0.3) is 17.2 Å². The van der Waals surface area contributed by atoms with Gasteiger partial charge in [0.05, 0.1) is 24.0 Å². The van der Waals surface area contributed by atoms with Gasteiger partial charge in [0.1, 0.15) is 0 Å². The Kier molecular flexibility index (Phi) is 4.24. The van der Waals surface area contributed by atoms with Crippen LogP contribution in [0.15, 0.2) is 53.5 Å². The van der Waals surface area contributed by atoms with E-state index in [1.165, 1.54) is 16.9 Å². The molecule has 10 nitrogen and oxygen atoms in total. The Balaban J connectivity index is 1.39. The molecule has 4 heterocycles. The van der Waals surface area contributed by atoms with E-state index >= 15 is 0 Å². The molecule has 0 aliphatic carbocycles. The molecule has 0 bridgehead atoms. The van der Waals surface area contributed by atoms with Crippen LogP contribution in [-0.4, -0.2) is 52.1 Å². The molecule has 3 aromatic heterocycles. The number of rotatable bonds is 3. The topological polar surface area (TPSA) is 115 Å². The summed E-state index contributed by atoms with van der Waals surface area (Å²) in [4.78, 5) is 26.1. The quantitative estimate of drug-likeness (QED) is 0.550. The third-order valence-corrected chi connectivity index (χ3v) is 5.19. The summed E-state index contributed by atoms with van der Waals surface area (Å²) in [5.74, 6) is 1.88. The number of carbonyl (C=O) groups excluding carboxylic acids is 1. The molecule has 1 aliphatic rings. The Morgan fingerprint density at radius 2 is 1.90 bits per heavy atom. The predicted octanol–water partition coefficient (Wildman–Crippen LogP) is 1.18. The smallest absolute Gasteiger partial charge is 0.264 e. The van der Waals surface area contributed by atoms with Crippen molar-refractivity contribution in [1.82, 2.24) is 39.6 Å². The van der Waals surface area contributed by atoms with Crippen LogP contribution in [0, 0.1) is 6.92 Å². The molecule has 10 heteroatoms. The second kappa shape index (κ2) is 7.07. The lowest BCUT2D eigenvalue weighted by Gasteiger charge is -2.27. The minimum Gasteiger partial charge on any atom is -0.329 e. The maximum atomic E-state index is 13.1. The number of fused-ring (bicyclic) bond motifs is 1. The zero-order valence-corrected chi connectivity index (χ0v) is 16.2. The summed E-state index contributed by atoms with van der Waals surface area (Å²) in [6, 6.07) is 12.8. The first kappa shape index (κ1) is 18.0. The van der Waals surface area contributed by atoms with E-state index in [0.717, 1.165) is 17.2 Å². The minimum absolute atomic E-state index is 0.126. The third-order valence-electron chi connectivity index (χ3n) is 5.19. The van der Waals surface area contributed by atoms with Crippen LogP contribution in [0.3, 0.4) is 0 Å². The fourth-order valence-electron chi connectivity index (χ4n) is 3.61. The number of amides is 1. The Morgan fingerprint density at radius 3 is 2.67 bits per heavy atom. The van der Waals surface area contributed by atoms with Crippen LogP contribution in [0.2, 0.25) is 0 Å². The second-order valence-electron chi connectivity index (χ2n) is 7.02. The lowest BCUT2D eigenvalue weighted by Crippen LogP contribution is -2.38. The molecule has 0 spiro atoms. The molecule has 1 aromatic carbocycles. The Hall–Kier alpha value is -4.08. The van der Waals surface area contributed by atoms with Crippen molar-refractivity contribution >= 4 is 5.91 Å². The van der Waals surface area contributed by atoms with E-state index in [4.69, 9.17) is 0 Å². The Labute approximate surface area is 170 Å². The molecule has 5 rings (SSSR count). The molecule has 0 saturated heterocycles. The maximum absolute atomic E-state index is 13.1. The van der Waals surface area contributed by atoms with Gasteiger partial charge in [-0.05, 0) is 13.0 Å². The highest BCUT2D eigenvalue weighted by Crippen LogP contribution is 2.23. The largest absolute Gasteiger partial charge is 0.329 e. The molecule has 1 amide bonds. The molecule has 4 aromatic rings. The average molecular weight is 402 g/mol. The molecule has 0 unspecified atom stereocenters. The van der Waals surface area contributed by atoms with Crippen LogP contribution in [-0.2, 0) is 13.1 Å². The van der Waals surface area contributed by atoms with Crippen molar-refractivity contribution in [1.29, 1.82) is 0 Å². The number of nitrogens with one attached hydrogen (secondary N) is 1. The fourth-order valence-corrected chi connectivity index (χ4v) is 3.61. The standard InChI is InChI=1S/C20H18N8O2/c1-13-15(11-21-28(13)16-7-8-18(29)24-22-16)20(30)26-9-10-27-17(12-26)23-25-19(27)14-5-3-2-4-6-14/h2-8,11H,9-10,12H2,1H3,(H,24,29). The highest BCUT2D eigenvalue weighted by molar-refractivity contribution is 5.95. The molecule has 1 N–H and O–H groups in total. The van der Waals surface area contributed by atoms with Crippen molar-refractivity contribution < 1.29 is 4.79 Å². The van der Waals surface area contributed by atoms with Gasteiger partial charge in [-0.3, -0.25) is 9.59 Å². The van der Waals surface area contributed by atoms with E-state index in [2.05, 4.69) is 30.1 Å². The van der Waals surface area contributed by atoms with Crippen molar-refractivity contribution in [2.75, 3.05) is 6.54 Å². The zero-order chi connectivity index (χ0) is 20.7. The first-order valence-electron chi connectivity index (χ1n) is 9.49. The van der Waals surface area contributed by atoms with Gasteiger partial charge in [-0.2, -0.15) is 10.2 Å². The van der Waals surface area contributed by atoms with Gasteiger partial charge in [-0.1, -0.05) is 30.3 Å². The predicted molar refractivity (Wildman–Crippen MR) is 107 cm³/mol. The van der Waals surface area contributed by atoms with Crippen molar-refractivity contribution in [2.24, 2.45) is 0 Å². The van der Waals surface area contributed by atoms with Gasteiger partial charge in [0.2, 0.25) is 0 Å². The van der Waals surface area contributed by atoms with Gasteiger partial charge in [-0.25, -0.2) is 9.78 Å². The number of carbonyl (C=O) groups is 1. The SMILES string of the molecule is Cc1c(C(=O)N2CCn3c(nnc3-c3ccccc3)C2)cnn1-c1ccc(=O)[nH]n1. The van der Waals surface area contributed by atoms with E-state index in [1.807, 2.05) is 30.3 Å². The summed E-state index contributed by atoms with van der Waals surface area (Å²) >= 11 is 0. The number of aromatic amines is 1. The number of nitrogens with zero attached hydrogens (tertiary/aromatic N) is 7. The van der Waals surface area contributed by atoms with Crippen LogP contribution >= 0.6 is 0 Å². The van der Waals surface area contributed by atoms with E-state index in [9.17, 15) is 9.59 Å². The van der Waals surface area contributed by atoms with Gasteiger partial charge in [0.25, 0.3) is 11.5 Å². The lowest BCUT2D eigenvalue weighted by atomic mass is 10.2. The maximum Gasteiger partial charge on any atom is 0.264 e. The van der Waals surface area contributed by atoms with E-state index in [0.29, 0.717) is 36.7 Å². The van der Waals surface area contributed by atoms with Gasteiger partial charge >= 0.3 is 0 Å². The van der Waals surface area contributed by atoms with Crippen molar-refractivity contribution in [3.8, 4) is 17.2 Å². The van der Waals surface area contributed by atoms with Crippen molar-refractivity contribution in [3.63, 3.8) is 0 Å². The van der Waals surface area contributed by atoms with Crippen LogP contribution in [0.5, 0.6) is 0 Å². The third kappa shape index (κ3) is 2.98. The average Bonchev–Trinajstić information content (AvgIpc) is 3.37. The van der Waals surface area contributed by atoms with Crippen molar-refractivity contribution in [2.45, 2.75) is 20.0 Å². The number of hydrogen-bond donors (Lipinski definition) is 1. The van der Waals surface area contributed by atoms with Crippen molar-refractivity contribution in [3.05, 3.63) is 76.1 Å². The van der Waals surface area contributed by atoms with E-state index in [1.54, 1.807) is 17.9 Å². The monoisotopic (exact) mass is 402 g/mol. The summed E-state index contributed by atoms with van der Waals surface area (Å²) in [6.07, 6.45) is 1.53. The molecule has 30 heavy (non-hydrogen) atoms. The molecule has 1 aliphatic heterocycles. The molecule has 0 saturated carbocycles. The minimum atomic E-state index is -0.299.